The molecule has 142 valence electrons. The van der Waals surface area contributed by atoms with E-state index in [0.717, 1.165) is 11.1 Å². The van der Waals surface area contributed by atoms with Crippen molar-refractivity contribution in [3.63, 3.8) is 0 Å². The molecule has 7 heteroatoms. The molecule has 0 spiro atoms. The highest BCUT2D eigenvalue weighted by molar-refractivity contribution is 6.29. The van der Waals surface area contributed by atoms with Crippen LogP contribution in [-0.2, 0) is 5.60 Å². The second kappa shape index (κ2) is 6.65. The van der Waals surface area contributed by atoms with Gasteiger partial charge < -0.3 is 5.11 Å². The third kappa shape index (κ3) is 3.15. The first-order chi connectivity index (χ1) is 13.3. The molecule has 0 aliphatic rings. The van der Waals surface area contributed by atoms with Crippen LogP contribution in [0.25, 0.3) is 27.8 Å². The molecular weight excluding hydrogens is 384 g/mol. The summed E-state index contributed by atoms with van der Waals surface area (Å²) in [4.78, 5) is 8.05. The van der Waals surface area contributed by atoms with Gasteiger partial charge in [-0.3, -0.25) is 4.57 Å². The van der Waals surface area contributed by atoms with E-state index in [-0.39, 0.29) is 16.3 Å². The molecule has 4 aromatic rings. The summed E-state index contributed by atoms with van der Waals surface area (Å²) in [5.41, 5.74) is 1.93. The zero-order valence-electron chi connectivity index (χ0n) is 15.1. The van der Waals surface area contributed by atoms with Gasteiger partial charge in [0.1, 0.15) is 12.1 Å². The van der Waals surface area contributed by atoms with Gasteiger partial charge in [0.05, 0.1) is 16.6 Å². The molecule has 4 nitrogen and oxygen atoms in total. The smallest absolute Gasteiger partial charge is 0.168 e. The number of pyridine rings is 1. The molecular formula is C21H16ClF2N3O. The van der Waals surface area contributed by atoms with Gasteiger partial charge in [0.25, 0.3) is 0 Å². The molecule has 2 aromatic carbocycles. The Morgan fingerprint density at radius 3 is 2.54 bits per heavy atom. The molecule has 0 aliphatic heterocycles. The van der Waals surface area contributed by atoms with Crippen LogP contribution in [-0.4, -0.2) is 19.6 Å². The van der Waals surface area contributed by atoms with Gasteiger partial charge in [-0.05, 0) is 55.8 Å². The predicted octanol–water partition coefficient (Wildman–Crippen LogP) is 5.25. The average molecular weight is 400 g/mol. The van der Waals surface area contributed by atoms with Crippen LogP contribution in [0.1, 0.15) is 19.4 Å². The van der Waals surface area contributed by atoms with Crippen LogP contribution in [0.15, 0.2) is 55.0 Å². The van der Waals surface area contributed by atoms with Crippen LogP contribution >= 0.6 is 11.6 Å². The Kier molecular flexibility index (Phi) is 4.40. The van der Waals surface area contributed by atoms with E-state index in [0.29, 0.717) is 11.2 Å². The van der Waals surface area contributed by atoms with Crippen LogP contribution in [0.3, 0.4) is 0 Å². The lowest BCUT2D eigenvalue weighted by Crippen LogP contribution is -2.15. The van der Waals surface area contributed by atoms with E-state index in [1.54, 1.807) is 36.9 Å². The van der Waals surface area contributed by atoms with Crippen molar-refractivity contribution in [2.24, 2.45) is 0 Å². The Morgan fingerprint density at radius 2 is 1.79 bits per heavy atom. The fourth-order valence-corrected chi connectivity index (χ4v) is 3.25. The van der Waals surface area contributed by atoms with E-state index in [1.807, 2.05) is 12.1 Å². The minimum Gasteiger partial charge on any atom is -0.386 e. The molecule has 0 saturated heterocycles. The molecule has 2 aromatic heterocycles. The maximum atomic E-state index is 14.4. The highest BCUT2D eigenvalue weighted by Gasteiger charge is 2.18. The number of nitrogens with zero attached hydrogens (tertiary/aromatic N) is 3. The Bertz CT molecular complexity index is 1200. The van der Waals surface area contributed by atoms with Crippen LogP contribution in [0.5, 0.6) is 0 Å². The summed E-state index contributed by atoms with van der Waals surface area (Å²) in [7, 11) is 0. The summed E-state index contributed by atoms with van der Waals surface area (Å²) in [6.45, 7) is 3.40. The van der Waals surface area contributed by atoms with Gasteiger partial charge in [-0.15, -0.1) is 0 Å². The van der Waals surface area contributed by atoms with Crippen LogP contribution in [0, 0.1) is 11.6 Å². The summed E-state index contributed by atoms with van der Waals surface area (Å²) in [5.74, 6) is -1.34. The van der Waals surface area contributed by atoms with Crippen molar-refractivity contribution in [1.82, 2.24) is 14.5 Å². The van der Waals surface area contributed by atoms with Crippen LogP contribution in [0.2, 0.25) is 5.15 Å². The molecule has 0 bridgehead atoms. The molecule has 1 N–H and O–H groups in total. The highest BCUT2D eigenvalue weighted by atomic mass is 35.5. The quantitative estimate of drug-likeness (QED) is 0.479. The highest BCUT2D eigenvalue weighted by Crippen LogP contribution is 2.31. The molecule has 0 aliphatic carbocycles. The first-order valence-corrected chi connectivity index (χ1v) is 8.94. The normalized spacial score (nSPS) is 11.9. The van der Waals surface area contributed by atoms with Crippen molar-refractivity contribution in [2.75, 3.05) is 0 Å². The molecule has 0 atom stereocenters. The average Bonchev–Trinajstić information content (AvgIpc) is 3.07. The second-order valence-electron chi connectivity index (χ2n) is 7.00. The predicted molar refractivity (Wildman–Crippen MR) is 104 cm³/mol. The van der Waals surface area contributed by atoms with E-state index in [2.05, 4.69) is 9.97 Å². The molecule has 28 heavy (non-hydrogen) atoms. The van der Waals surface area contributed by atoms with Gasteiger partial charge in [0.15, 0.2) is 11.0 Å². The van der Waals surface area contributed by atoms with Crippen molar-refractivity contribution >= 4 is 22.6 Å². The molecule has 0 saturated carbocycles. The van der Waals surface area contributed by atoms with E-state index < -0.39 is 17.2 Å². The third-order valence-corrected chi connectivity index (χ3v) is 4.88. The molecule has 0 fully saturated rings. The van der Waals surface area contributed by atoms with E-state index in [9.17, 15) is 13.9 Å². The zero-order chi connectivity index (χ0) is 20.1. The Hall–Kier alpha value is -2.83. The van der Waals surface area contributed by atoms with Crippen molar-refractivity contribution in [1.29, 1.82) is 0 Å². The minimum atomic E-state index is -0.987. The number of hydrogen-bond donors (Lipinski definition) is 1. The number of benzene rings is 2. The largest absolute Gasteiger partial charge is 0.386 e. The lowest BCUT2D eigenvalue weighted by atomic mass is 9.98. The minimum absolute atomic E-state index is 0.0353. The number of aliphatic hydroxyl groups is 1. The van der Waals surface area contributed by atoms with Crippen molar-refractivity contribution in [3.8, 4) is 16.8 Å². The van der Waals surface area contributed by atoms with E-state index >= 15 is 0 Å². The summed E-state index contributed by atoms with van der Waals surface area (Å²) >= 11 is 5.74. The van der Waals surface area contributed by atoms with Gasteiger partial charge in [-0.25, -0.2) is 18.7 Å². The maximum Gasteiger partial charge on any atom is 0.168 e. The number of rotatable bonds is 3. The standard InChI is InChI=1S/C21H16ClF2N3O/c1-21(2,28)12-3-6-18-17(9-12)26-11-27(18)13-4-5-16(23)15(10-13)14-7-8-25-20(22)19(14)24/h3-11,28H,1-2H3. The van der Waals surface area contributed by atoms with Crippen LogP contribution in [0.4, 0.5) is 8.78 Å². The van der Waals surface area contributed by atoms with E-state index in [1.165, 1.54) is 24.4 Å². The number of aromatic nitrogens is 3. The lowest BCUT2D eigenvalue weighted by Gasteiger charge is -2.17. The number of halogens is 3. The summed E-state index contributed by atoms with van der Waals surface area (Å²) in [5, 5.41) is 9.88. The van der Waals surface area contributed by atoms with Crippen molar-refractivity contribution in [3.05, 3.63) is 77.3 Å². The Labute approximate surface area is 165 Å². The molecule has 0 unspecified atom stereocenters. The van der Waals surface area contributed by atoms with Crippen molar-refractivity contribution in [2.45, 2.75) is 19.4 Å². The van der Waals surface area contributed by atoms with Crippen LogP contribution < -0.4 is 0 Å². The summed E-state index contributed by atoms with van der Waals surface area (Å²) in [6, 6.07) is 11.2. The topological polar surface area (TPSA) is 50.9 Å². The maximum absolute atomic E-state index is 14.4. The molecule has 4 rings (SSSR count). The molecule has 0 amide bonds. The summed E-state index contributed by atoms with van der Waals surface area (Å²) < 4.78 is 30.5. The fourth-order valence-electron chi connectivity index (χ4n) is 3.09. The van der Waals surface area contributed by atoms with Gasteiger partial charge >= 0.3 is 0 Å². The lowest BCUT2D eigenvalue weighted by molar-refractivity contribution is 0.0787. The van der Waals surface area contributed by atoms with E-state index in [4.69, 9.17) is 11.6 Å². The Morgan fingerprint density at radius 1 is 1.00 bits per heavy atom. The number of imidazole rings is 1. The monoisotopic (exact) mass is 399 g/mol. The number of fused-ring (bicyclic) bond motifs is 1. The molecule has 2 heterocycles. The van der Waals surface area contributed by atoms with Gasteiger partial charge in [-0.2, -0.15) is 0 Å². The molecule has 0 radical (unpaired) electrons. The SMILES string of the molecule is CC(C)(O)c1ccc2c(c1)ncn2-c1ccc(F)c(-c2ccnc(Cl)c2F)c1. The fraction of sp³-hybridized carbons (Fsp3) is 0.143. The Balaban J connectivity index is 1.86. The van der Waals surface area contributed by atoms with Gasteiger partial charge in [0.2, 0.25) is 0 Å². The third-order valence-electron chi connectivity index (χ3n) is 4.62. The number of hydrogen-bond acceptors (Lipinski definition) is 3. The van der Waals surface area contributed by atoms with Crippen molar-refractivity contribution < 1.29 is 13.9 Å². The second-order valence-corrected chi connectivity index (χ2v) is 7.36. The zero-order valence-corrected chi connectivity index (χ0v) is 15.9. The van der Waals surface area contributed by atoms with Gasteiger partial charge in [0, 0.05) is 23.0 Å². The van der Waals surface area contributed by atoms with Gasteiger partial charge in [-0.1, -0.05) is 17.7 Å². The first-order valence-electron chi connectivity index (χ1n) is 8.56. The summed E-state index contributed by atoms with van der Waals surface area (Å²) in [6.07, 6.45) is 2.93. The first kappa shape index (κ1) is 18.5.